The first-order valence-corrected chi connectivity index (χ1v) is 9.50. The predicted molar refractivity (Wildman–Crippen MR) is 106 cm³/mol. The SMILES string of the molecule is CCCC(N)c1cccc2nc(Oc3c(Cl)cc(OC(F)(F)F)cc3Cl)n(C)c12. The van der Waals surface area contributed by atoms with E-state index in [4.69, 9.17) is 33.7 Å². The lowest BCUT2D eigenvalue weighted by atomic mass is 10.0. The molecule has 29 heavy (non-hydrogen) atoms. The fraction of sp³-hybridized carbons (Fsp3) is 0.316. The number of hydrogen-bond donors (Lipinski definition) is 1. The average molecular weight is 448 g/mol. The number of rotatable bonds is 6. The second-order valence-corrected chi connectivity index (χ2v) is 7.24. The van der Waals surface area contributed by atoms with Crippen molar-refractivity contribution in [2.75, 3.05) is 0 Å². The van der Waals surface area contributed by atoms with Gasteiger partial charge in [0.1, 0.15) is 5.75 Å². The lowest BCUT2D eigenvalue weighted by molar-refractivity contribution is -0.274. The van der Waals surface area contributed by atoms with E-state index in [0.717, 1.165) is 36.1 Å². The summed E-state index contributed by atoms with van der Waals surface area (Å²) in [6, 6.07) is 7.55. The average Bonchev–Trinajstić information content (AvgIpc) is 2.93. The van der Waals surface area contributed by atoms with Gasteiger partial charge in [-0.1, -0.05) is 48.7 Å². The highest BCUT2D eigenvalue weighted by Crippen LogP contribution is 2.41. The maximum atomic E-state index is 12.4. The Balaban J connectivity index is 1.99. The molecule has 0 saturated heterocycles. The molecule has 5 nitrogen and oxygen atoms in total. The maximum absolute atomic E-state index is 12.4. The number of ether oxygens (including phenoxy) is 2. The minimum Gasteiger partial charge on any atom is -0.422 e. The molecule has 1 heterocycles. The number of aromatic nitrogens is 2. The second-order valence-electron chi connectivity index (χ2n) is 6.43. The molecule has 2 N–H and O–H groups in total. The zero-order valence-electron chi connectivity index (χ0n) is 15.6. The summed E-state index contributed by atoms with van der Waals surface area (Å²) in [5, 5.41) is -0.293. The highest BCUT2D eigenvalue weighted by atomic mass is 35.5. The van der Waals surface area contributed by atoms with Crippen LogP contribution < -0.4 is 15.2 Å². The van der Waals surface area contributed by atoms with Gasteiger partial charge in [-0.25, -0.2) is 0 Å². The molecule has 156 valence electrons. The molecular weight excluding hydrogens is 430 g/mol. The van der Waals surface area contributed by atoms with Crippen molar-refractivity contribution in [2.45, 2.75) is 32.2 Å². The van der Waals surface area contributed by atoms with E-state index in [-0.39, 0.29) is 27.8 Å². The van der Waals surface area contributed by atoms with Gasteiger partial charge in [-0.05, 0) is 18.1 Å². The summed E-state index contributed by atoms with van der Waals surface area (Å²) in [5.41, 5.74) is 8.67. The molecule has 0 aliphatic carbocycles. The molecular formula is C19H18Cl2F3N3O2. The fourth-order valence-electron chi connectivity index (χ4n) is 3.05. The monoisotopic (exact) mass is 447 g/mol. The molecule has 3 rings (SSSR count). The van der Waals surface area contributed by atoms with Crippen LogP contribution in [0.1, 0.15) is 31.4 Å². The Morgan fingerprint density at radius 3 is 2.45 bits per heavy atom. The van der Waals surface area contributed by atoms with Gasteiger partial charge in [-0.2, -0.15) is 4.98 Å². The van der Waals surface area contributed by atoms with Crippen LogP contribution in [0.5, 0.6) is 17.5 Å². The Labute approximate surface area is 175 Å². The number of nitrogens with zero attached hydrogens (tertiary/aromatic N) is 2. The Kier molecular flexibility index (Phi) is 6.16. The van der Waals surface area contributed by atoms with Gasteiger partial charge in [0.15, 0.2) is 5.75 Å². The maximum Gasteiger partial charge on any atom is 0.573 e. The van der Waals surface area contributed by atoms with Gasteiger partial charge in [0.25, 0.3) is 0 Å². The normalized spacial score (nSPS) is 13.0. The molecule has 3 aromatic rings. The third kappa shape index (κ3) is 4.71. The Hall–Kier alpha value is -2.16. The van der Waals surface area contributed by atoms with Crippen LogP contribution >= 0.6 is 23.2 Å². The molecule has 0 aliphatic rings. The van der Waals surface area contributed by atoms with Gasteiger partial charge in [0.2, 0.25) is 0 Å². The molecule has 10 heteroatoms. The van der Waals surface area contributed by atoms with Crippen molar-refractivity contribution in [3.05, 3.63) is 45.9 Å². The third-order valence-corrected chi connectivity index (χ3v) is 4.84. The first kappa shape index (κ1) is 21.5. The smallest absolute Gasteiger partial charge is 0.422 e. The second kappa shape index (κ2) is 8.30. The number of imidazole rings is 1. The largest absolute Gasteiger partial charge is 0.573 e. The van der Waals surface area contributed by atoms with Crippen molar-refractivity contribution in [1.29, 1.82) is 0 Å². The quantitative estimate of drug-likeness (QED) is 0.476. The van der Waals surface area contributed by atoms with Crippen LogP contribution in [-0.2, 0) is 7.05 Å². The molecule has 0 spiro atoms. The van der Waals surface area contributed by atoms with Gasteiger partial charge in [-0.3, -0.25) is 4.57 Å². The summed E-state index contributed by atoms with van der Waals surface area (Å²) in [7, 11) is 1.75. The molecule has 0 aliphatic heterocycles. The lowest BCUT2D eigenvalue weighted by Gasteiger charge is -2.14. The number of halogens is 5. The molecule has 1 unspecified atom stereocenters. The Morgan fingerprint density at radius 2 is 1.86 bits per heavy atom. The van der Waals surface area contributed by atoms with E-state index in [2.05, 4.69) is 9.72 Å². The number of fused-ring (bicyclic) bond motifs is 1. The van der Waals surface area contributed by atoms with Crippen molar-refractivity contribution in [3.63, 3.8) is 0 Å². The first-order valence-electron chi connectivity index (χ1n) is 8.74. The van der Waals surface area contributed by atoms with E-state index in [1.807, 2.05) is 25.1 Å². The summed E-state index contributed by atoms with van der Waals surface area (Å²) in [6.07, 6.45) is -3.13. The summed E-state index contributed by atoms with van der Waals surface area (Å²) in [4.78, 5) is 4.43. The van der Waals surface area contributed by atoms with Crippen molar-refractivity contribution < 1.29 is 22.6 Å². The molecule has 0 radical (unpaired) electrons. The zero-order chi connectivity index (χ0) is 21.3. The summed E-state index contributed by atoms with van der Waals surface area (Å²) in [6.45, 7) is 2.05. The summed E-state index contributed by atoms with van der Waals surface area (Å²) >= 11 is 12.1. The molecule has 2 aromatic carbocycles. The lowest BCUT2D eigenvalue weighted by Crippen LogP contribution is -2.17. The van der Waals surface area contributed by atoms with E-state index < -0.39 is 12.1 Å². The third-order valence-electron chi connectivity index (χ3n) is 4.28. The van der Waals surface area contributed by atoms with Crippen LogP contribution in [0.25, 0.3) is 11.0 Å². The van der Waals surface area contributed by atoms with E-state index >= 15 is 0 Å². The fourth-order valence-corrected chi connectivity index (χ4v) is 3.60. The highest BCUT2D eigenvalue weighted by Gasteiger charge is 2.32. The van der Waals surface area contributed by atoms with E-state index in [9.17, 15) is 13.2 Å². The van der Waals surface area contributed by atoms with Gasteiger partial charge < -0.3 is 15.2 Å². The van der Waals surface area contributed by atoms with Crippen LogP contribution in [0.2, 0.25) is 10.0 Å². The van der Waals surface area contributed by atoms with Gasteiger partial charge in [0, 0.05) is 25.2 Å². The van der Waals surface area contributed by atoms with Crippen LogP contribution in [0.4, 0.5) is 13.2 Å². The number of hydrogen-bond acceptors (Lipinski definition) is 4. The molecule has 1 aromatic heterocycles. The number of aryl methyl sites for hydroxylation is 1. The van der Waals surface area contributed by atoms with Crippen molar-refractivity contribution in [3.8, 4) is 17.5 Å². The Bertz CT molecular complexity index is 1010. The minimum absolute atomic E-state index is 0.0272. The van der Waals surface area contributed by atoms with E-state index in [0.29, 0.717) is 5.52 Å². The zero-order valence-corrected chi connectivity index (χ0v) is 17.1. The first-order chi connectivity index (χ1) is 13.6. The van der Waals surface area contributed by atoms with Crippen LogP contribution in [0.3, 0.4) is 0 Å². The molecule has 0 amide bonds. The minimum atomic E-state index is -4.86. The van der Waals surface area contributed by atoms with Crippen LogP contribution in [0.15, 0.2) is 30.3 Å². The number of alkyl halides is 3. The molecule has 0 bridgehead atoms. The topological polar surface area (TPSA) is 62.3 Å². The molecule has 1 atom stereocenters. The summed E-state index contributed by atoms with van der Waals surface area (Å²) < 4.78 is 48.5. The van der Waals surface area contributed by atoms with Crippen molar-refractivity contribution in [2.24, 2.45) is 12.8 Å². The van der Waals surface area contributed by atoms with Gasteiger partial charge >= 0.3 is 12.4 Å². The molecule has 0 fully saturated rings. The van der Waals surface area contributed by atoms with Crippen molar-refractivity contribution in [1.82, 2.24) is 9.55 Å². The summed E-state index contributed by atoms with van der Waals surface area (Å²) in [5.74, 6) is -0.571. The van der Waals surface area contributed by atoms with E-state index in [1.165, 1.54) is 0 Å². The number of para-hydroxylation sites is 1. The predicted octanol–water partition coefficient (Wildman–Crippen LogP) is 6.37. The van der Waals surface area contributed by atoms with Crippen molar-refractivity contribution >= 4 is 34.2 Å². The van der Waals surface area contributed by atoms with Crippen LogP contribution in [0, 0.1) is 0 Å². The van der Waals surface area contributed by atoms with Gasteiger partial charge in [0.05, 0.1) is 21.1 Å². The van der Waals surface area contributed by atoms with Crippen LogP contribution in [-0.4, -0.2) is 15.9 Å². The van der Waals surface area contributed by atoms with E-state index in [1.54, 1.807) is 11.6 Å². The molecule has 0 saturated carbocycles. The highest BCUT2D eigenvalue weighted by molar-refractivity contribution is 6.37. The number of nitrogens with two attached hydrogens (primary N) is 1. The van der Waals surface area contributed by atoms with Gasteiger partial charge in [-0.15, -0.1) is 13.2 Å². The number of benzene rings is 2. The Morgan fingerprint density at radius 1 is 1.21 bits per heavy atom. The standard InChI is InChI=1S/C19H18Cl2F3N3O2/c1-3-5-14(25)11-6-4-7-15-16(11)27(2)18(26-15)28-17-12(20)8-10(9-13(17)21)29-19(22,23)24/h4,6-9,14H,3,5,25H2,1-2H3.